The summed E-state index contributed by atoms with van der Waals surface area (Å²) in [4.78, 5) is 14.3. The minimum absolute atomic E-state index is 0.0713. The number of nitrogens with zero attached hydrogens (tertiary/aromatic N) is 1. The lowest BCUT2D eigenvalue weighted by atomic mass is 9.96. The van der Waals surface area contributed by atoms with Gasteiger partial charge in [0, 0.05) is 26.2 Å². The molecule has 1 saturated heterocycles. The zero-order valence-electron chi connectivity index (χ0n) is 12.4. The van der Waals surface area contributed by atoms with Crippen molar-refractivity contribution in [2.24, 2.45) is 11.7 Å². The average molecular weight is 291 g/mol. The van der Waals surface area contributed by atoms with Crippen molar-refractivity contribution in [3.05, 3.63) is 35.4 Å². The molecule has 1 aliphatic rings. The van der Waals surface area contributed by atoms with Gasteiger partial charge in [-0.15, -0.1) is 0 Å². The first-order valence-electron chi connectivity index (χ1n) is 7.61. The van der Waals surface area contributed by atoms with Gasteiger partial charge in [-0.05, 0) is 30.5 Å². The van der Waals surface area contributed by atoms with Crippen LogP contribution in [0.4, 0.5) is 0 Å². The van der Waals surface area contributed by atoms with Gasteiger partial charge in [-0.1, -0.05) is 24.3 Å². The summed E-state index contributed by atoms with van der Waals surface area (Å²) in [5.41, 5.74) is 7.56. The molecule has 5 nitrogen and oxygen atoms in total. The molecule has 1 aliphatic heterocycles. The number of carbonyl (C=O) groups excluding carboxylic acids is 1. The molecular weight excluding hydrogens is 266 g/mol. The van der Waals surface area contributed by atoms with Gasteiger partial charge in [-0.3, -0.25) is 9.69 Å². The average Bonchev–Trinajstić information content (AvgIpc) is 2.53. The lowest BCUT2D eigenvalue weighted by Crippen LogP contribution is -2.43. The molecule has 1 atom stereocenters. The van der Waals surface area contributed by atoms with Crippen LogP contribution in [-0.4, -0.2) is 42.1 Å². The lowest BCUT2D eigenvalue weighted by molar-refractivity contribution is -0.126. The Bertz CT molecular complexity index is 447. The summed E-state index contributed by atoms with van der Waals surface area (Å²) in [7, 11) is 0. The highest BCUT2D eigenvalue weighted by molar-refractivity contribution is 5.78. The largest absolute Gasteiger partial charge is 0.392 e. The minimum atomic E-state index is 0.0713. The molecule has 0 bridgehead atoms. The first-order valence-corrected chi connectivity index (χ1v) is 7.61. The monoisotopic (exact) mass is 291 g/mol. The van der Waals surface area contributed by atoms with E-state index in [1.165, 1.54) is 5.56 Å². The van der Waals surface area contributed by atoms with E-state index in [1.807, 2.05) is 24.3 Å². The Morgan fingerprint density at radius 3 is 2.71 bits per heavy atom. The molecule has 21 heavy (non-hydrogen) atoms. The number of aliphatic hydroxyl groups is 1. The Labute approximate surface area is 126 Å². The fourth-order valence-electron chi connectivity index (χ4n) is 2.76. The molecule has 0 saturated carbocycles. The third-order valence-corrected chi connectivity index (χ3v) is 3.93. The molecule has 5 heteroatoms. The van der Waals surface area contributed by atoms with Crippen LogP contribution >= 0.6 is 0 Å². The summed E-state index contributed by atoms with van der Waals surface area (Å²) >= 11 is 0. The second kappa shape index (κ2) is 8.12. The third-order valence-electron chi connectivity index (χ3n) is 3.93. The van der Waals surface area contributed by atoms with Gasteiger partial charge in [0.25, 0.3) is 0 Å². The van der Waals surface area contributed by atoms with Crippen molar-refractivity contribution < 1.29 is 9.90 Å². The molecule has 1 amide bonds. The number of likely N-dealkylation sites (tertiary alicyclic amines) is 1. The van der Waals surface area contributed by atoms with E-state index in [1.54, 1.807) is 0 Å². The van der Waals surface area contributed by atoms with Crippen LogP contribution in [0.3, 0.4) is 0 Å². The summed E-state index contributed by atoms with van der Waals surface area (Å²) in [6.07, 6.45) is 2.01. The van der Waals surface area contributed by atoms with Gasteiger partial charge >= 0.3 is 0 Å². The van der Waals surface area contributed by atoms with Crippen molar-refractivity contribution >= 4 is 5.91 Å². The first kappa shape index (κ1) is 15.9. The number of nitrogens with one attached hydrogen (secondary N) is 1. The van der Waals surface area contributed by atoms with Crippen molar-refractivity contribution in [3.8, 4) is 0 Å². The fourth-order valence-corrected chi connectivity index (χ4v) is 2.76. The Kier molecular flexibility index (Phi) is 6.17. The quantitative estimate of drug-likeness (QED) is 0.712. The van der Waals surface area contributed by atoms with Crippen molar-refractivity contribution in [1.82, 2.24) is 10.2 Å². The molecule has 1 aromatic rings. The van der Waals surface area contributed by atoms with Gasteiger partial charge in [0.2, 0.25) is 5.91 Å². The van der Waals surface area contributed by atoms with Crippen molar-refractivity contribution in [1.29, 1.82) is 0 Å². The molecule has 4 N–H and O–H groups in total. The van der Waals surface area contributed by atoms with Crippen LogP contribution in [0.2, 0.25) is 0 Å². The zero-order valence-corrected chi connectivity index (χ0v) is 12.4. The second-order valence-corrected chi connectivity index (χ2v) is 5.63. The number of hydrogen-bond acceptors (Lipinski definition) is 4. The van der Waals surface area contributed by atoms with Crippen LogP contribution in [0.15, 0.2) is 24.3 Å². The normalized spacial score (nSPS) is 19.4. The van der Waals surface area contributed by atoms with E-state index in [0.29, 0.717) is 13.1 Å². The Morgan fingerprint density at radius 1 is 1.33 bits per heavy atom. The van der Waals surface area contributed by atoms with E-state index in [-0.39, 0.29) is 18.4 Å². The van der Waals surface area contributed by atoms with E-state index in [2.05, 4.69) is 10.2 Å². The summed E-state index contributed by atoms with van der Waals surface area (Å²) in [6, 6.07) is 7.99. The van der Waals surface area contributed by atoms with Gasteiger partial charge in [-0.25, -0.2) is 0 Å². The predicted molar refractivity (Wildman–Crippen MR) is 82.4 cm³/mol. The smallest absolute Gasteiger partial charge is 0.224 e. The molecule has 0 radical (unpaired) electrons. The van der Waals surface area contributed by atoms with E-state index < -0.39 is 0 Å². The number of rotatable bonds is 6. The summed E-state index contributed by atoms with van der Waals surface area (Å²) in [5, 5.41) is 11.9. The highest BCUT2D eigenvalue weighted by Gasteiger charge is 2.25. The van der Waals surface area contributed by atoms with E-state index in [4.69, 9.17) is 10.8 Å². The maximum Gasteiger partial charge on any atom is 0.224 e. The number of amides is 1. The molecule has 0 aromatic heterocycles. The molecule has 2 rings (SSSR count). The van der Waals surface area contributed by atoms with Crippen LogP contribution in [0.1, 0.15) is 24.0 Å². The standard InChI is InChI=1S/C16H25N3O2/c17-7-8-18-16(21)15-2-1-9-19(11-15)10-13-3-5-14(12-20)6-4-13/h3-6,15,20H,1-2,7-12,17H2,(H,18,21). The number of nitrogens with two attached hydrogens (primary N) is 1. The number of benzene rings is 1. The van der Waals surface area contributed by atoms with Gasteiger partial charge < -0.3 is 16.2 Å². The number of hydrogen-bond donors (Lipinski definition) is 3. The second-order valence-electron chi connectivity index (χ2n) is 5.63. The SMILES string of the molecule is NCCNC(=O)C1CCCN(Cc2ccc(CO)cc2)C1. The number of carbonyl (C=O) groups is 1. The van der Waals surface area contributed by atoms with E-state index in [9.17, 15) is 4.79 Å². The highest BCUT2D eigenvalue weighted by Crippen LogP contribution is 2.19. The molecule has 1 unspecified atom stereocenters. The summed E-state index contributed by atoms with van der Waals surface area (Å²) in [6.45, 7) is 3.80. The molecule has 1 aromatic carbocycles. The topological polar surface area (TPSA) is 78.6 Å². The van der Waals surface area contributed by atoms with Crippen molar-refractivity contribution in [2.75, 3.05) is 26.2 Å². The molecule has 116 valence electrons. The Morgan fingerprint density at radius 2 is 2.05 bits per heavy atom. The van der Waals surface area contributed by atoms with Crippen molar-refractivity contribution in [3.63, 3.8) is 0 Å². The molecule has 0 aliphatic carbocycles. The van der Waals surface area contributed by atoms with Gasteiger partial charge in [-0.2, -0.15) is 0 Å². The maximum absolute atomic E-state index is 12.0. The first-order chi connectivity index (χ1) is 10.2. The van der Waals surface area contributed by atoms with E-state index >= 15 is 0 Å². The van der Waals surface area contributed by atoms with Crippen molar-refractivity contribution in [2.45, 2.75) is 26.0 Å². The summed E-state index contributed by atoms with van der Waals surface area (Å²) in [5.74, 6) is 0.197. The fraction of sp³-hybridized carbons (Fsp3) is 0.562. The van der Waals surface area contributed by atoms with Crippen LogP contribution in [0, 0.1) is 5.92 Å². The molecule has 0 spiro atoms. The molecular formula is C16H25N3O2. The van der Waals surface area contributed by atoms with Gasteiger partial charge in [0.05, 0.1) is 12.5 Å². The highest BCUT2D eigenvalue weighted by atomic mass is 16.3. The molecule has 1 fully saturated rings. The van der Waals surface area contributed by atoms with Crippen LogP contribution in [-0.2, 0) is 17.9 Å². The Balaban J connectivity index is 1.86. The lowest BCUT2D eigenvalue weighted by Gasteiger charge is -2.32. The van der Waals surface area contributed by atoms with Crippen LogP contribution in [0.5, 0.6) is 0 Å². The van der Waals surface area contributed by atoms with Gasteiger partial charge in [0.15, 0.2) is 0 Å². The minimum Gasteiger partial charge on any atom is -0.392 e. The Hall–Kier alpha value is -1.43. The molecule has 1 heterocycles. The zero-order chi connectivity index (χ0) is 15.1. The predicted octanol–water partition coefficient (Wildman–Crippen LogP) is 0.466. The van der Waals surface area contributed by atoms with Gasteiger partial charge in [0.1, 0.15) is 0 Å². The van der Waals surface area contributed by atoms with E-state index in [0.717, 1.165) is 38.0 Å². The number of piperidine rings is 1. The van der Waals surface area contributed by atoms with Crippen LogP contribution in [0.25, 0.3) is 0 Å². The maximum atomic E-state index is 12.0. The van der Waals surface area contributed by atoms with Crippen LogP contribution < -0.4 is 11.1 Å². The summed E-state index contributed by atoms with van der Waals surface area (Å²) < 4.78 is 0. The third kappa shape index (κ3) is 4.81. The number of aliphatic hydroxyl groups excluding tert-OH is 1.